The fraction of sp³-hybridized carbons (Fsp3) is 0.470. The third-order valence-electron chi connectivity index (χ3n) is 13.2. The van der Waals surface area contributed by atoms with Crippen molar-refractivity contribution in [2.24, 2.45) is 5.10 Å². The van der Waals surface area contributed by atoms with Crippen LogP contribution in [0.3, 0.4) is 0 Å². The third-order valence-corrected chi connectivity index (χ3v) is 38.8. The Morgan fingerprint density at radius 3 is 1.03 bits per heavy atom. The van der Waals surface area contributed by atoms with Gasteiger partial charge in [-0.1, -0.05) is 143 Å². The summed E-state index contributed by atoms with van der Waals surface area (Å²) in [5, 5.41) is 14.6. The largest absolute Gasteiger partial charge is 0.508 e. The highest BCUT2D eigenvalue weighted by Crippen LogP contribution is 2.68. The lowest BCUT2D eigenvalue weighted by Gasteiger charge is -2.29. The molecule has 0 spiro atoms. The highest BCUT2D eigenvalue weighted by molar-refractivity contribution is 8.46. The molecule has 0 radical (unpaired) electrons. The molecule has 15 nitrogen and oxygen atoms in total. The summed E-state index contributed by atoms with van der Waals surface area (Å²) in [6.45, 7) is 8.07. The van der Waals surface area contributed by atoms with Crippen LogP contribution in [-0.4, -0.2) is 202 Å². The normalized spacial score (nSPS) is 21.0. The van der Waals surface area contributed by atoms with Gasteiger partial charge in [0.15, 0.2) is 0 Å². The van der Waals surface area contributed by atoms with Gasteiger partial charge in [0.25, 0.3) is 0 Å². The zero-order valence-electron chi connectivity index (χ0n) is 55.2. The standard InChI is InChI=1S/C66H83N2O13PS17/c1-68(67-48-51-10-16-52(69)17-11-51)82(83,80-53-18-12-49(13-19-53)8-4-6-42-86-59-61-90-46-40-78-36-32-74-28-24-70-22-26-72-30-34-76-38-44-88-57-55(84-2)92-63(94-57)65(96-59)98-61)81-54-20-14-50(15-21-54)9-5-7-43-87-60-62-91-47-41-79-37-33-75-29-25-71-23-27-73-31-35-77-39-45-89-58-56(85-3)93-64(95-58)66(97-60)99-62/h4-5,8-21,48,69H,6-7,22-47H2,1-3H3/b8-4+,9-5+,65-63?,66-64?,67-48+. The molecule has 0 aliphatic carbocycles. The van der Waals surface area contributed by atoms with Crippen molar-refractivity contribution in [3.05, 3.63) is 152 Å². The van der Waals surface area contributed by atoms with Gasteiger partial charge in [0.05, 0.1) is 189 Å². The number of ether oxygens (including phenoxy) is 10. The SMILES string of the molecule is CSC1=C2SCCOCCOCCOCCOCCOCCSC3=C(SCC/C=C/c4ccc(OP(=S)(Oc5ccc(/C=C/CCSC6=C7SCCOCCOCCOCCOCCOCCSC8=C(SC)SC(=C(S6)S7)S8)cc5)N(C)/N=C/c5ccc(O)cc5)cc4)SC(=C(S1)S2)S3. The maximum atomic E-state index is 9.93. The maximum Gasteiger partial charge on any atom is 0.410 e. The van der Waals surface area contributed by atoms with Crippen LogP contribution in [0.1, 0.15) is 29.5 Å². The van der Waals surface area contributed by atoms with Gasteiger partial charge >= 0.3 is 6.64 Å². The van der Waals surface area contributed by atoms with E-state index in [9.17, 15) is 5.11 Å². The van der Waals surface area contributed by atoms with Gasteiger partial charge < -0.3 is 61.5 Å². The molecule has 0 saturated heterocycles. The van der Waals surface area contributed by atoms with Gasteiger partial charge in [-0.15, -0.1) is 94.1 Å². The van der Waals surface area contributed by atoms with Gasteiger partial charge in [0.1, 0.15) is 17.2 Å². The van der Waals surface area contributed by atoms with Gasteiger partial charge in [-0.2, -0.15) is 5.10 Å². The van der Waals surface area contributed by atoms with E-state index in [1.54, 1.807) is 42.3 Å². The average molecular weight is 1690 g/mol. The van der Waals surface area contributed by atoms with Crippen molar-refractivity contribution in [1.29, 1.82) is 0 Å². The third kappa shape index (κ3) is 31.1. The summed E-state index contributed by atoms with van der Waals surface area (Å²) < 4.78 is 88.9. The number of hydrogen-bond donors (Lipinski definition) is 1. The number of hydrogen-bond acceptors (Lipinski definition) is 31. The first-order valence-electron chi connectivity index (χ1n) is 31.8. The molecule has 0 amide bonds. The fourth-order valence-electron chi connectivity index (χ4n) is 8.28. The van der Waals surface area contributed by atoms with Crippen molar-refractivity contribution >= 4 is 225 Å². The highest BCUT2D eigenvalue weighted by Gasteiger charge is 2.33. The van der Waals surface area contributed by atoms with E-state index in [0.717, 1.165) is 64.0 Å². The highest BCUT2D eigenvalue weighted by atomic mass is 32.5. The number of aromatic hydroxyl groups is 1. The smallest absolute Gasteiger partial charge is 0.410 e. The van der Waals surface area contributed by atoms with Crippen LogP contribution < -0.4 is 9.05 Å². The van der Waals surface area contributed by atoms with Crippen LogP contribution >= 0.6 is 195 Å². The first-order chi connectivity index (χ1) is 48.7. The van der Waals surface area contributed by atoms with E-state index in [-0.39, 0.29) is 5.75 Å². The molecule has 9 rings (SSSR count). The number of hydrazone groups is 1. The Balaban J connectivity index is 0.776. The summed E-state index contributed by atoms with van der Waals surface area (Å²) in [4.78, 5) is 0. The van der Waals surface area contributed by atoms with Crippen LogP contribution in [0.15, 0.2) is 141 Å². The quantitative estimate of drug-likeness (QED) is 0.0525. The minimum Gasteiger partial charge on any atom is -0.508 e. The summed E-state index contributed by atoms with van der Waals surface area (Å²) in [5.74, 6) is 6.71. The molecule has 3 aromatic carbocycles. The van der Waals surface area contributed by atoms with Crippen LogP contribution in [-0.2, 0) is 59.2 Å². The molecular weight excluding hydrogens is 1600 g/mol. The Bertz CT molecular complexity index is 3130. The Morgan fingerprint density at radius 2 is 0.707 bits per heavy atom. The number of nitrogens with zero attached hydrogens (tertiary/aromatic N) is 2. The summed E-state index contributed by atoms with van der Waals surface area (Å²) in [7, 11) is 1.77. The molecule has 3 aromatic rings. The van der Waals surface area contributed by atoms with E-state index >= 15 is 0 Å². The second-order valence-corrected chi connectivity index (χ2v) is 43.2. The predicted molar refractivity (Wildman–Crippen MR) is 452 cm³/mol. The molecule has 0 aromatic heterocycles. The molecule has 33 heteroatoms. The lowest BCUT2D eigenvalue weighted by Crippen LogP contribution is -2.17. The lowest BCUT2D eigenvalue weighted by atomic mass is 10.2. The van der Waals surface area contributed by atoms with Crippen molar-refractivity contribution in [2.75, 3.05) is 186 Å². The Morgan fingerprint density at radius 1 is 0.414 bits per heavy atom. The number of phenolic OH excluding ortho intramolecular Hbond substituents is 1. The van der Waals surface area contributed by atoms with Gasteiger partial charge in [-0.3, -0.25) is 0 Å². The van der Waals surface area contributed by atoms with Gasteiger partial charge in [-0.25, -0.2) is 4.78 Å². The minimum absolute atomic E-state index is 0.174. The maximum absolute atomic E-state index is 9.93. The topological polar surface area (TPSA) is 147 Å². The van der Waals surface area contributed by atoms with E-state index in [1.165, 1.54) is 50.8 Å². The molecule has 0 fully saturated rings. The number of phenols is 1. The summed E-state index contributed by atoms with van der Waals surface area (Å²) >= 11 is 36.5. The number of benzene rings is 3. The van der Waals surface area contributed by atoms with Crippen molar-refractivity contribution in [3.8, 4) is 17.2 Å². The number of fused-ring (bicyclic) bond motifs is 8. The zero-order valence-corrected chi connectivity index (χ0v) is 70.0. The molecule has 1 N–H and O–H groups in total. The van der Waals surface area contributed by atoms with Crippen molar-refractivity contribution in [2.45, 2.75) is 12.8 Å². The molecule has 0 saturated carbocycles. The number of rotatable bonds is 19. The predicted octanol–water partition coefficient (Wildman–Crippen LogP) is 19.8. The minimum atomic E-state index is -3.32. The Kier molecular flexibility index (Phi) is 41.6. The van der Waals surface area contributed by atoms with E-state index in [4.69, 9.17) is 73.3 Å². The van der Waals surface area contributed by atoms with E-state index in [0.29, 0.717) is 144 Å². The van der Waals surface area contributed by atoms with Crippen LogP contribution in [0, 0.1) is 0 Å². The molecule has 542 valence electrons. The van der Waals surface area contributed by atoms with Crippen LogP contribution in [0.2, 0.25) is 0 Å². The second-order valence-electron chi connectivity index (χ2n) is 20.4. The van der Waals surface area contributed by atoms with Gasteiger partial charge in [0.2, 0.25) is 0 Å². The van der Waals surface area contributed by atoms with Gasteiger partial charge in [-0.05, 0) is 90.6 Å². The lowest BCUT2D eigenvalue weighted by molar-refractivity contribution is -0.00902. The van der Waals surface area contributed by atoms with Crippen LogP contribution in [0.25, 0.3) is 12.2 Å². The van der Waals surface area contributed by atoms with Gasteiger partial charge in [0, 0.05) is 53.4 Å². The molecular formula is C66H83N2O13PS17. The number of allylic oxidation sites excluding steroid dienone is 2. The van der Waals surface area contributed by atoms with E-state index < -0.39 is 6.64 Å². The van der Waals surface area contributed by atoms with Crippen LogP contribution in [0.5, 0.6) is 17.2 Å². The summed E-state index contributed by atoms with van der Waals surface area (Å²) in [6.07, 6.45) is 16.6. The van der Waals surface area contributed by atoms with Crippen molar-refractivity contribution in [3.63, 3.8) is 0 Å². The number of thioether (sulfide) groups is 16. The monoisotopic (exact) mass is 1690 g/mol. The molecule has 8 bridgehead atoms. The molecule has 0 atom stereocenters. The summed E-state index contributed by atoms with van der Waals surface area (Å²) in [6, 6.07) is 22.7. The summed E-state index contributed by atoms with van der Waals surface area (Å²) in [5.41, 5.74) is 2.88. The fourth-order valence-corrected chi connectivity index (χ4v) is 32.9. The Labute approximate surface area is 658 Å². The molecule has 99 heavy (non-hydrogen) atoms. The van der Waals surface area contributed by atoms with Crippen molar-refractivity contribution < 1.29 is 61.5 Å². The molecule has 6 heterocycles. The van der Waals surface area contributed by atoms with Crippen molar-refractivity contribution in [1.82, 2.24) is 4.78 Å². The van der Waals surface area contributed by atoms with E-state index in [1.807, 2.05) is 237 Å². The molecule has 6 aliphatic rings. The zero-order chi connectivity index (χ0) is 68.8. The van der Waals surface area contributed by atoms with Crippen LogP contribution in [0.4, 0.5) is 0 Å². The molecule has 6 aliphatic heterocycles. The molecule has 0 unspecified atom stereocenters. The van der Waals surface area contributed by atoms with E-state index in [2.05, 4.69) is 36.8 Å². The Hall–Kier alpha value is 0.300. The first kappa shape index (κ1) is 83.3. The first-order valence-corrected chi connectivity index (χ1v) is 49.3. The second kappa shape index (κ2) is 49.4. The average Bonchev–Trinajstić information content (AvgIpc) is 1.80.